The highest BCUT2D eigenvalue weighted by Crippen LogP contribution is 2.11. The molecule has 0 heterocycles. The third kappa shape index (κ3) is 1.75. The number of hydrogen-bond acceptors (Lipinski definition) is 3. The van der Waals surface area contributed by atoms with Gasteiger partial charge in [-0.25, -0.2) is 0 Å². The molecule has 3 heteroatoms. The van der Waals surface area contributed by atoms with Crippen molar-refractivity contribution in [1.82, 2.24) is 0 Å². The lowest BCUT2D eigenvalue weighted by Gasteiger charge is -2.01. The van der Waals surface area contributed by atoms with Crippen LogP contribution in [0.2, 0.25) is 0 Å². The van der Waals surface area contributed by atoms with E-state index in [1.807, 2.05) is 31.2 Å². The Bertz CT molecular complexity index is 277. The zero-order valence-electron chi connectivity index (χ0n) is 7.24. The van der Waals surface area contributed by atoms with Gasteiger partial charge in [-0.05, 0) is 36.8 Å². The van der Waals surface area contributed by atoms with Gasteiger partial charge in [-0.2, -0.15) is 5.10 Å². The molecule has 0 saturated heterocycles. The van der Waals surface area contributed by atoms with Gasteiger partial charge in [0, 0.05) is 0 Å². The number of ether oxygens (including phenoxy) is 1. The predicted octanol–water partition coefficient (Wildman–Crippen LogP) is 1.38. The van der Waals surface area contributed by atoms with E-state index in [4.69, 9.17) is 10.6 Å². The van der Waals surface area contributed by atoms with Gasteiger partial charge in [-0.15, -0.1) is 0 Å². The molecule has 2 N–H and O–H groups in total. The number of hydrazone groups is 1. The smallest absolute Gasteiger partial charge is 0.118 e. The molecule has 0 saturated carbocycles. The highest BCUT2D eigenvalue weighted by molar-refractivity contribution is 5.98. The van der Waals surface area contributed by atoms with Crippen molar-refractivity contribution in [2.45, 2.75) is 6.92 Å². The summed E-state index contributed by atoms with van der Waals surface area (Å²) in [5.41, 5.74) is 1.83. The van der Waals surface area contributed by atoms with Crippen molar-refractivity contribution >= 4 is 5.71 Å². The molecule has 1 aromatic carbocycles. The number of hydrogen-bond donors (Lipinski definition) is 1. The molecule has 0 atom stereocenters. The van der Waals surface area contributed by atoms with Crippen molar-refractivity contribution in [1.29, 1.82) is 0 Å². The highest BCUT2D eigenvalue weighted by atomic mass is 16.5. The molecule has 0 amide bonds. The van der Waals surface area contributed by atoms with Gasteiger partial charge in [0.25, 0.3) is 0 Å². The number of rotatable bonds is 2. The van der Waals surface area contributed by atoms with E-state index in [2.05, 4.69) is 5.10 Å². The third-order valence-electron chi connectivity index (χ3n) is 1.70. The van der Waals surface area contributed by atoms with Crippen molar-refractivity contribution < 1.29 is 4.74 Å². The lowest BCUT2D eigenvalue weighted by atomic mass is 10.1. The van der Waals surface area contributed by atoms with E-state index in [0.29, 0.717) is 0 Å². The Morgan fingerprint density at radius 3 is 2.33 bits per heavy atom. The number of benzene rings is 1. The monoisotopic (exact) mass is 164 g/mol. The average molecular weight is 164 g/mol. The second-order valence-corrected chi connectivity index (χ2v) is 2.44. The maximum absolute atomic E-state index is 5.13. The molecule has 0 bridgehead atoms. The van der Waals surface area contributed by atoms with Gasteiger partial charge in [-0.3, -0.25) is 0 Å². The molecule has 0 spiro atoms. The first-order valence-corrected chi connectivity index (χ1v) is 3.67. The second-order valence-electron chi connectivity index (χ2n) is 2.44. The Morgan fingerprint density at radius 1 is 1.33 bits per heavy atom. The summed E-state index contributed by atoms with van der Waals surface area (Å²) in [6, 6.07) is 7.60. The first-order chi connectivity index (χ1) is 5.77. The molecule has 0 radical (unpaired) electrons. The topological polar surface area (TPSA) is 47.6 Å². The first-order valence-electron chi connectivity index (χ1n) is 3.67. The molecule has 0 aliphatic rings. The molecular formula is C9H12N2O. The fourth-order valence-corrected chi connectivity index (χ4v) is 0.907. The molecule has 0 aromatic heterocycles. The zero-order chi connectivity index (χ0) is 8.97. The van der Waals surface area contributed by atoms with E-state index in [1.54, 1.807) is 7.11 Å². The Morgan fingerprint density at radius 2 is 1.92 bits per heavy atom. The van der Waals surface area contributed by atoms with E-state index in [-0.39, 0.29) is 0 Å². The maximum Gasteiger partial charge on any atom is 0.118 e. The fourth-order valence-electron chi connectivity index (χ4n) is 0.907. The normalized spacial score (nSPS) is 11.3. The summed E-state index contributed by atoms with van der Waals surface area (Å²) in [6.07, 6.45) is 0. The minimum Gasteiger partial charge on any atom is -0.497 e. The van der Waals surface area contributed by atoms with Crippen LogP contribution in [0.5, 0.6) is 5.75 Å². The zero-order valence-corrected chi connectivity index (χ0v) is 7.24. The SMILES string of the molecule is COc1ccc(/C(C)=N\N)cc1. The minimum atomic E-state index is 0.817. The number of nitrogens with zero attached hydrogens (tertiary/aromatic N) is 1. The Balaban J connectivity index is 2.92. The van der Waals surface area contributed by atoms with Gasteiger partial charge in [0.2, 0.25) is 0 Å². The Hall–Kier alpha value is -1.51. The largest absolute Gasteiger partial charge is 0.497 e. The summed E-state index contributed by atoms with van der Waals surface area (Å²) in [6.45, 7) is 1.86. The predicted molar refractivity (Wildman–Crippen MR) is 49.4 cm³/mol. The molecule has 1 aromatic rings. The molecule has 64 valence electrons. The molecule has 0 aliphatic carbocycles. The highest BCUT2D eigenvalue weighted by Gasteiger charge is 1.96. The third-order valence-corrected chi connectivity index (χ3v) is 1.70. The van der Waals surface area contributed by atoms with Gasteiger partial charge in [0.15, 0.2) is 0 Å². The fraction of sp³-hybridized carbons (Fsp3) is 0.222. The summed E-state index contributed by atoms with van der Waals surface area (Å²) in [7, 11) is 1.64. The van der Waals surface area contributed by atoms with E-state index < -0.39 is 0 Å². The molecule has 3 nitrogen and oxygen atoms in total. The minimum absolute atomic E-state index is 0.817. The Kier molecular flexibility index (Phi) is 2.69. The standard InChI is InChI=1S/C9H12N2O/c1-7(11-10)8-3-5-9(12-2)6-4-8/h3-6H,10H2,1-2H3/b11-7-. The second kappa shape index (κ2) is 3.76. The van der Waals surface area contributed by atoms with Crippen molar-refractivity contribution in [2.75, 3.05) is 7.11 Å². The molecule has 12 heavy (non-hydrogen) atoms. The van der Waals surface area contributed by atoms with Gasteiger partial charge < -0.3 is 10.6 Å². The van der Waals surface area contributed by atoms with Crippen LogP contribution in [0.3, 0.4) is 0 Å². The average Bonchev–Trinajstić information content (AvgIpc) is 2.17. The van der Waals surface area contributed by atoms with Crippen molar-refractivity contribution in [2.24, 2.45) is 10.9 Å². The molecule has 0 fully saturated rings. The van der Waals surface area contributed by atoms with E-state index >= 15 is 0 Å². The maximum atomic E-state index is 5.13. The summed E-state index contributed by atoms with van der Waals surface area (Å²) < 4.78 is 5.01. The molecule has 0 aliphatic heterocycles. The van der Waals surface area contributed by atoms with Gasteiger partial charge >= 0.3 is 0 Å². The Labute approximate surface area is 71.8 Å². The molecule has 0 unspecified atom stereocenters. The van der Waals surface area contributed by atoms with Crippen LogP contribution in [0.1, 0.15) is 12.5 Å². The summed E-state index contributed by atoms with van der Waals surface area (Å²) >= 11 is 0. The molecule has 1 rings (SSSR count). The summed E-state index contributed by atoms with van der Waals surface area (Å²) in [5, 5.41) is 3.59. The van der Waals surface area contributed by atoms with Crippen LogP contribution >= 0.6 is 0 Å². The number of nitrogens with two attached hydrogens (primary N) is 1. The van der Waals surface area contributed by atoms with Crippen molar-refractivity contribution in [3.05, 3.63) is 29.8 Å². The quantitative estimate of drug-likeness (QED) is 0.408. The van der Waals surface area contributed by atoms with Gasteiger partial charge in [0.1, 0.15) is 5.75 Å². The van der Waals surface area contributed by atoms with Crippen LogP contribution in [0.25, 0.3) is 0 Å². The summed E-state index contributed by atoms with van der Waals surface area (Å²) in [4.78, 5) is 0. The molecular weight excluding hydrogens is 152 g/mol. The summed E-state index contributed by atoms with van der Waals surface area (Å²) in [5.74, 6) is 5.97. The van der Waals surface area contributed by atoms with Crippen molar-refractivity contribution in [3.8, 4) is 5.75 Å². The lowest BCUT2D eigenvalue weighted by molar-refractivity contribution is 0.415. The van der Waals surface area contributed by atoms with Crippen LogP contribution in [0.15, 0.2) is 29.4 Å². The van der Waals surface area contributed by atoms with Gasteiger partial charge in [-0.1, -0.05) is 0 Å². The lowest BCUT2D eigenvalue weighted by Crippen LogP contribution is -1.98. The van der Waals surface area contributed by atoms with E-state index in [0.717, 1.165) is 17.0 Å². The van der Waals surface area contributed by atoms with Crippen LogP contribution in [-0.4, -0.2) is 12.8 Å². The number of methoxy groups -OCH3 is 1. The van der Waals surface area contributed by atoms with E-state index in [9.17, 15) is 0 Å². The van der Waals surface area contributed by atoms with Crippen LogP contribution in [0.4, 0.5) is 0 Å². The van der Waals surface area contributed by atoms with E-state index in [1.165, 1.54) is 0 Å². The van der Waals surface area contributed by atoms with Crippen LogP contribution in [0, 0.1) is 0 Å². The van der Waals surface area contributed by atoms with Gasteiger partial charge in [0.05, 0.1) is 12.8 Å². The van der Waals surface area contributed by atoms with Crippen LogP contribution in [-0.2, 0) is 0 Å². The van der Waals surface area contributed by atoms with Crippen molar-refractivity contribution in [3.63, 3.8) is 0 Å². The van der Waals surface area contributed by atoms with Crippen LogP contribution < -0.4 is 10.6 Å². The first kappa shape index (κ1) is 8.59.